The maximum Gasteiger partial charge on any atom is 0.416 e. The smallest absolute Gasteiger partial charge is 0.416 e. The van der Waals surface area contributed by atoms with Gasteiger partial charge in [0.25, 0.3) is 17.7 Å². The van der Waals surface area contributed by atoms with E-state index >= 15 is 0 Å². The molecule has 0 spiro atoms. The molecule has 5 nitrogen and oxygen atoms in total. The maximum atomic E-state index is 14.7. The molecule has 0 aliphatic heterocycles. The average molecular weight is 486 g/mol. The molecule has 0 saturated carbocycles. The van der Waals surface area contributed by atoms with Gasteiger partial charge in [-0.2, -0.15) is 22.0 Å². The predicted octanol–water partition coefficient (Wildman–Crippen LogP) is 6.08. The molecule has 174 valence electrons. The van der Waals surface area contributed by atoms with Crippen LogP contribution in [-0.4, -0.2) is 22.6 Å². The lowest BCUT2D eigenvalue weighted by Gasteiger charge is -2.20. The van der Waals surface area contributed by atoms with Crippen molar-refractivity contribution in [2.24, 2.45) is 0 Å². The molecule has 0 aliphatic rings. The lowest BCUT2D eigenvalue weighted by Crippen LogP contribution is -2.35. The standard InChI is InChI=1S/C22H17ClF5N3O2/c1-12-6-7-17(13(2)8-12)21(24,25)11-29-19(32)16-10-18(23)30-31-20(16)33-15-5-3-4-14(9-15)22(26,27)28/h3-10H,11H2,1-2H3,(H,29,32). The summed E-state index contributed by atoms with van der Waals surface area (Å²) in [6, 6.07) is 9.28. The average Bonchev–Trinajstić information content (AvgIpc) is 2.72. The van der Waals surface area contributed by atoms with Gasteiger partial charge in [0, 0.05) is 5.56 Å². The number of carbonyl (C=O) groups excluding carboxylic acids is 1. The molecule has 0 unspecified atom stereocenters. The van der Waals surface area contributed by atoms with Gasteiger partial charge in [0.05, 0.1) is 12.1 Å². The number of rotatable bonds is 6. The van der Waals surface area contributed by atoms with Crippen molar-refractivity contribution < 1.29 is 31.5 Å². The summed E-state index contributed by atoms with van der Waals surface area (Å²) in [5.41, 5.74) is -0.439. The molecule has 0 aliphatic carbocycles. The molecule has 1 aromatic heterocycles. The number of aryl methyl sites for hydroxylation is 2. The summed E-state index contributed by atoms with van der Waals surface area (Å²) in [5, 5.41) is 8.94. The van der Waals surface area contributed by atoms with Crippen molar-refractivity contribution in [3.05, 3.63) is 81.5 Å². The Balaban J connectivity index is 1.82. The second-order valence-electron chi connectivity index (χ2n) is 7.22. The number of amides is 1. The van der Waals surface area contributed by atoms with Gasteiger partial charge in [-0.05, 0) is 43.7 Å². The van der Waals surface area contributed by atoms with Gasteiger partial charge in [-0.25, -0.2) is 0 Å². The second kappa shape index (κ2) is 9.30. The Labute approximate surface area is 190 Å². The first-order chi connectivity index (χ1) is 15.4. The van der Waals surface area contributed by atoms with E-state index in [1.807, 2.05) is 0 Å². The number of hydrogen-bond acceptors (Lipinski definition) is 4. The van der Waals surface area contributed by atoms with Gasteiger partial charge < -0.3 is 10.1 Å². The van der Waals surface area contributed by atoms with Crippen molar-refractivity contribution in [2.45, 2.75) is 25.9 Å². The summed E-state index contributed by atoms with van der Waals surface area (Å²) >= 11 is 5.76. The number of nitrogens with zero attached hydrogens (tertiary/aromatic N) is 2. The fraction of sp³-hybridized carbons (Fsp3) is 0.227. The maximum absolute atomic E-state index is 14.7. The third-order valence-electron chi connectivity index (χ3n) is 4.60. The zero-order chi connectivity index (χ0) is 24.4. The Morgan fingerprint density at radius 2 is 1.76 bits per heavy atom. The quantitative estimate of drug-likeness (QED) is 0.430. The molecule has 1 N–H and O–H groups in total. The monoisotopic (exact) mass is 485 g/mol. The van der Waals surface area contributed by atoms with E-state index in [-0.39, 0.29) is 22.0 Å². The molecule has 0 atom stereocenters. The molecule has 1 amide bonds. The van der Waals surface area contributed by atoms with Crippen molar-refractivity contribution in [3.63, 3.8) is 0 Å². The Morgan fingerprint density at radius 1 is 1.03 bits per heavy atom. The first kappa shape index (κ1) is 24.4. The number of benzene rings is 2. The molecule has 3 aromatic rings. The summed E-state index contributed by atoms with van der Waals surface area (Å²) in [6.45, 7) is 2.26. The Kier molecular flexibility index (Phi) is 6.87. The summed E-state index contributed by atoms with van der Waals surface area (Å²) in [5.74, 6) is -5.18. The van der Waals surface area contributed by atoms with Crippen molar-refractivity contribution in [3.8, 4) is 11.6 Å². The molecule has 0 radical (unpaired) electrons. The summed E-state index contributed by atoms with van der Waals surface area (Å²) in [7, 11) is 0. The van der Waals surface area contributed by atoms with Gasteiger partial charge in [-0.15, -0.1) is 10.2 Å². The molecule has 33 heavy (non-hydrogen) atoms. The van der Waals surface area contributed by atoms with Crippen LogP contribution in [0.1, 0.15) is 32.6 Å². The fourth-order valence-corrected chi connectivity index (χ4v) is 3.19. The minimum Gasteiger partial charge on any atom is -0.437 e. The largest absolute Gasteiger partial charge is 0.437 e. The van der Waals surface area contributed by atoms with Crippen LogP contribution in [0.3, 0.4) is 0 Å². The number of carbonyl (C=O) groups is 1. The molecule has 0 bridgehead atoms. The van der Waals surface area contributed by atoms with Crippen LogP contribution in [0.15, 0.2) is 48.5 Å². The van der Waals surface area contributed by atoms with E-state index in [9.17, 15) is 26.7 Å². The molecule has 0 saturated heterocycles. The van der Waals surface area contributed by atoms with Gasteiger partial charge in [0.1, 0.15) is 11.3 Å². The van der Waals surface area contributed by atoms with E-state index in [0.717, 1.165) is 23.8 Å². The van der Waals surface area contributed by atoms with Crippen molar-refractivity contribution in [2.75, 3.05) is 6.54 Å². The number of hydrogen-bond donors (Lipinski definition) is 1. The molecule has 3 rings (SSSR count). The van der Waals surface area contributed by atoms with Crippen LogP contribution in [0, 0.1) is 13.8 Å². The minimum absolute atomic E-state index is 0.238. The topological polar surface area (TPSA) is 64.1 Å². The Morgan fingerprint density at radius 3 is 2.42 bits per heavy atom. The third-order valence-corrected chi connectivity index (χ3v) is 4.78. The number of aromatic nitrogens is 2. The van der Waals surface area contributed by atoms with Crippen LogP contribution in [0.5, 0.6) is 11.6 Å². The van der Waals surface area contributed by atoms with Crippen molar-refractivity contribution in [1.29, 1.82) is 0 Å². The highest BCUT2D eigenvalue weighted by Crippen LogP contribution is 2.34. The molecule has 0 fully saturated rings. The summed E-state index contributed by atoms with van der Waals surface area (Å²) in [6.07, 6.45) is -4.62. The van der Waals surface area contributed by atoms with Gasteiger partial charge >= 0.3 is 6.18 Å². The van der Waals surface area contributed by atoms with Gasteiger partial charge in [0.2, 0.25) is 0 Å². The second-order valence-corrected chi connectivity index (χ2v) is 7.61. The highest BCUT2D eigenvalue weighted by atomic mass is 35.5. The predicted molar refractivity (Wildman–Crippen MR) is 111 cm³/mol. The number of alkyl halides is 5. The van der Waals surface area contributed by atoms with Crippen LogP contribution in [-0.2, 0) is 12.1 Å². The van der Waals surface area contributed by atoms with Gasteiger partial charge in [-0.3, -0.25) is 4.79 Å². The van der Waals surface area contributed by atoms with E-state index in [0.29, 0.717) is 11.6 Å². The molecule has 11 heteroatoms. The van der Waals surface area contributed by atoms with Gasteiger partial charge in [0.15, 0.2) is 5.15 Å². The van der Waals surface area contributed by atoms with E-state index in [1.165, 1.54) is 25.1 Å². The van der Waals surface area contributed by atoms with Crippen LogP contribution >= 0.6 is 11.6 Å². The van der Waals surface area contributed by atoms with E-state index in [1.54, 1.807) is 13.0 Å². The summed E-state index contributed by atoms with van der Waals surface area (Å²) < 4.78 is 73.5. The zero-order valence-corrected chi connectivity index (χ0v) is 18.1. The van der Waals surface area contributed by atoms with E-state index in [4.69, 9.17) is 16.3 Å². The lowest BCUT2D eigenvalue weighted by molar-refractivity contribution is -0.137. The first-order valence-corrected chi connectivity index (χ1v) is 9.87. The molecular weight excluding hydrogens is 469 g/mol. The molecule has 2 aromatic carbocycles. The zero-order valence-electron chi connectivity index (χ0n) is 17.3. The SMILES string of the molecule is Cc1ccc(C(F)(F)CNC(=O)c2cc(Cl)nnc2Oc2cccc(C(F)(F)F)c2)c(C)c1. The molecular formula is C22H17ClF5N3O2. The number of nitrogens with one attached hydrogen (secondary N) is 1. The van der Waals surface area contributed by atoms with Crippen LogP contribution < -0.4 is 10.1 Å². The van der Waals surface area contributed by atoms with Crippen LogP contribution in [0.4, 0.5) is 22.0 Å². The number of ether oxygens (including phenoxy) is 1. The highest BCUT2D eigenvalue weighted by molar-refractivity contribution is 6.29. The third kappa shape index (κ3) is 5.95. The van der Waals surface area contributed by atoms with E-state index < -0.39 is 36.0 Å². The highest BCUT2D eigenvalue weighted by Gasteiger charge is 2.34. The van der Waals surface area contributed by atoms with Crippen molar-refractivity contribution in [1.82, 2.24) is 15.5 Å². The van der Waals surface area contributed by atoms with Gasteiger partial charge in [-0.1, -0.05) is 41.4 Å². The fourth-order valence-electron chi connectivity index (χ4n) is 3.05. The van der Waals surface area contributed by atoms with E-state index in [2.05, 4.69) is 15.5 Å². The normalized spacial score (nSPS) is 11.9. The van der Waals surface area contributed by atoms with Crippen LogP contribution in [0.2, 0.25) is 5.15 Å². The Hall–Kier alpha value is -3.27. The summed E-state index contributed by atoms with van der Waals surface area (Å²) in [4.78, 5) is 12.6. The molecule has 1 heterocycles. The Bertz CT molecular complexity index is 1180. The first-order valence-electron chi connectivity index (χ1n) is 9.49. The number of halogens is 6. The van der Waals surface area contributed by atoms with Crippen LogP contribution in [0.25, 0.3) is 0 Å². The van der Waals surface area contributed by atoms with Crippen molar-refractivity contribution >= 4 is 17.5 Å². The lowest BCUT2D eigenvalue weighted by atomic mass is 10.00. The minimum atomic E-state index is -4.62.